The molecule has 0 amide bonds. The van der Waals surface area contributed by atoms with Gasteiger partial charge in [0.1, 0.15) is 5.78 Å². The van der Waals surface area contributed by atoms with E-state index in [4.69, 9.17) is 9.84 Å². The second kappa shape index (κ2) is 4.78. The first-order valence-corrected chi connectivity index (χ1v) is 5.73. The second-order valence-electron chi connectivity index (χ2n) is 4.41. The summed E-state index contributed by atoms with van der Waals surface area (Å²) in [6.45, 7) is 0. The Morgan fingerprint density at radius 1 is 1.50 bits per heavy atom. The molecule has 0 aromatic carbocycles. The Balaban J connectivity index is 1.61. The van der Waals surface area contributed by atoms with Crippen LogP contribution in [0.5, 0.6) is 0 Å². The minimum atomic E-state index is -0.756. The molecule has 2 aliphatic rings. The fourth-order valence-electron chi connectivity index (χ4n) is 2.20. The molecule has 1 N–H and O–H groups in total. The predicted octanol–water partition coefficient (Wildman–Crippen LogP) is 1.54. The van der Waals surface area contributed by atoms with Crippen molar-refractivity contribution in [1.29, 1.82) is 0 Å². The number of rotatable bonds is 6. The highest BCUT2D eigenvalue weighted by atomic mass is 16.6. The fraction of sp³-hybridized carbons (Fsp3) is 0.667. The number of carboxylic acid groups (broad SMARTS) is 1. The van der Waals surface area contributed by atoms with E-state index in [0.717, 1.165) is 12.8 Å². The number of aliphatic carboxylic acids is 1. The van der Waals surface area contributed by atoms with Gasteiger partial charge in [0.15, 0.2) is 0 Å². The maximum absolute atomic E-state index is 11.4. The monoisotopic (exact) mass is 224 g/mol. The number of carbonyl (C=O) groups is 2. The summed E-state index contributed by atoms with van der Waals surface area (Å²) in [5, 5.41) is 8.43. The highest BCUT2D eigenvalue weighted by molar-refractivity contribution is 5.86. The van der Waals surface area contributed by atoms with Gasteiger partial charge in [-0.2, -0.15) is 0 Å². The summed E-state index contributed by atoms with van der Waals surface area (Å²) in [4.78, 5) is 21.7. The molecule has 0 aromatic heterocycles. The van der Waals surface area contributed by atoms with Crippen LogP contribution in [0.4, 0.5) is 0 Å². The normalized spacial score (nSPS) is 32.0. The first-order valence-electron chi connectivity index (χ1n) is 5.73. The van der Waals surface area contributed by atoms with E-state index < -0.39 is 5.97 Å². The van der Waals surface area contributed by atoms with Gasteiger partial charge in [-0.3, -0.25) is 9.59 Å². The lowest BCUT2D eigenvalue weighted by Crippen LogP contribution is -2.13. The number of Topliss-reactive ketones (excluding diaryl/α,β-unsaturated/α-hetero) is 1. The van der Waals surface area contributed by atoms with Crippen molar-refractivity contribution in [3.63, 3.8) is 0 Å². The first kappa shape index (κ1) is 11.3. The molecule has 0 aromatic rings. The third-order valence-electron chi connectivity index (χ3n) is 3.15. The molecular weight excluding hydrogens is 208 g/mol. The molecule has 1 heterocycles. The Morgan fingerprint density at radius 3 is 2.94 bits per heavy atom. The van der Waals surface area contributed by atoms with Crippen molar-refractivity contribution in [2.24, 2.45) is 5.92 Å². The minimum Gasteiger partial charge on any atom is -0.481 e. The maximum Gasteiger partial charge on any atom is 0.303 e. The Labute approximate surface area is 94.3 Å². The minimum absolute atomic E-state index is 0.0562. The van der Waals surface area contributed by atoms with Crippen LogP contribution in [-0.4, -0.2) is 29.1 Å². The van der Waals surface area contributed by atoms with E-state index in [0.29, 0.717) is 18.6 Å². The zero-order chi connectivity index (χ0) is 11.5. The van der Waals surface area contributed by atoms with Crippen LogP contribution in [-0.2, 0) is 14.3 Å². The lowest BCUT2D eigenvalue weighted by Gasteiger charge is -2.04. The third kappa shape index (κ3) is 2.70. The molecule has 3 unspecified atom stereocenters. The highest BCUT2D eigenvalue weighted by Crippen LogP contribution is 2.42. The Bertz CT molecular complexity index is 321. The van der Waals surface area contributed by atoms with E-state index in [2.05, 4.69) is 0 Å². The number of epoxide rings is 1. The van der Waals surface area contributed by atoms with Gasteiger partial charge in [-0.1, -0.05) is 12.2 Å². The third-order valence-corrected chi connectivity index (χ3v) is 3.15. The van der Waals surface area contributed by atoms with Crippen LogP contribution in [0.2, 0.25) is 0 Å². The number of hydrogen-bond donors (Lipinski definition) is 1. The van der Waals surface area contributed by atoms with Crippen LogP contribution in [0.3, 0.4) is 0 Å². The molecule has 1 saturated heterocycles. The topological polar surface area (TPSA) is 66.9 Å². The van der Waals surface area contributed by atoms with Gasteiger partial charge >= 0.3 is 5.97 Å². The van der Waals surface area contributed by atoms with Gasteiger partial charge in [0.05, 0.1) is 18.1 Å². The lowest BCUT2D eigenvalue weighted by molar-refractivity contribution is -0.137. The van der Waals surface area contributed by atoms with Crippen molar-refractivity contribution < 1.29 is 19.4 Å². The first-order chi connectivity index (χ1) is 7.68. The summed E-state index contributed by atoms with van der Waals surface area (Å²) in [5.41, 5.74) is 0. The maximum atomic E-state index is 11.4. The number of carboxylic acids is 1. The summed E-state index contributed by atoms with van der Waals surface area (Å²) < 4.78 is 5.31. The fourth-order valence-corrected chi connectivity index (χ4v) is 2.20. The number of allylic oxidation sites excluding steroid dienone is 2. The van der Waals surface area contributed by atoms with E-state index in [1.165, 1.54) is 0 Å². The smallest absolute Gasteiger partial charge is 0.303 e. The summed E-state index contributed by atoms with van der Waals surface area (Å²) in [6.07, 6.45) is 7.29. The van der Waals surface area contributed by atoms with Crippen molar-refractivity contribution in [3.8, 4) is 0 Å². The van der Waals surface area contributed by atoms with Crippen LogP contribution < -0.4 is 0 Å². The molecule has 1 saturated carbocycles. The van der Waals surface area contributed by atoms with Crippen LogP contribution in [0.1, 0.15) is 32.1 Å². The van der Waals surface area contributed by atoms with Crippen LogP contribution in [0.25, 0.3) is 0 Å². The highest BCUT2D eigenvalue weighted by Gasteiger charge is 2.54. The number of ether oxygens (including phenoxy) is 1. The van der Waals surface area contributed by atoms with Gasteiger partial charge in [-0.25, -0.2) is 0 Å². The zero-order valence-electron chi connectivity index (χ0n) is 9.09. The van der Waals surface area contributed by atoms with E-state index >= 15 is 0 Å². The van der Waals surface area contributed by atoms with Crippen LogP contribution in [0.15, 0.2) is 12.2 Å². The summed E-state index contributed by atoms with van der Waals surface area (Å²) in [6, 6.07) is 0. The molecule has 88 valence electrons. The molecule has 1 aliphatic carbocycles. The average molecular weight is 224 g/mol. The van der Waals surface area contributed by atoms with Gasteiger partial charge < -0.3 is 9.84 Å². The Kier molecular flexibility index (Phi) is 3.39. The number of unbranched alkanes of at least 4 members (excludes halogenated alkanes) is 1. The molecule has 2 rings (SSSR count). The van der Waals surface area contributed by atoms with Crippen molar-refractivity contribution in [1.82, 2.24) is 0 Å². The number of hydrogen-bond acceptors (Lipinski definition) is 3. The SMILES string of the molecule is O=C(O)CCC/C=C\CC1C(=O)CC2OC21. The molecule has 2 fully saturated rings. The van der Waals surface area contributed by atoms with Gasteiger partial charge in [0, 0.05) is 12.8 Å². The molecular formula is C12H16O4. The average Bonchev–Trinajstić information content (AvgIpc) is 2.89. The van der Waals surface area contributed by atoms with Gasteiger partial charge in [0.2, 0.25) is 0 Å². The number of fused-ring (bicyclic) bond motifs is 1. The zero-order valence-corrected chi connectivity index (χ0v) is 9.09. The molecule has 0 bridgehead atoms. The second-order valence-corrected chi connectivity index (χ2v) is 4.41. The predicted molar refractivity (Wildman–Crippen MR) is 57.0 cm³/mol. The molecule has 0 radical (unpaired) electrons. The van der Waals surface area contributed by atoms with E-state index in [1.807, 2.05) is 12.2 Å². The molecule has 16 heavy (non-hydrogen) atoms. The molecule has 0 spiro atoms. The molecule has 4 heteroatoms. The summed E-state index contributed by atoms with van der Waals surface area (Å²) in [5.74, 6) is -0.384. The van der Waals surface area contributed by atoms with Gasteiger partial charge in [-0.15, -0.1) is 0 Å². The summed E-state index contributed by atoms with van der Waals surface area (Å²) in [7, 11) is 0. The van der Waals surface area contributed by atoms with Gasteiger partial charge in [-0.05, 0) is 19.3 Å². The lowest BCUT2D eigenvalue weighted by atomic mass is 10.0. The van der Waals surface area contributed by atoms with Crippen molar-refractivity contribution >= 4 is 11.8 Å². The van der Waals surface area contributed by atoms with E-state index in [9.17, 15) is 9.59 Å². The standard InChI is InChI=1S/C12H16O4/c13-9-7-10-12(16-10)8(9)5-3-1-2-4-6-11(14)15/h1,3,8,10,12H,2,4-7H2,(H,14,15)/b3-1-. The number of carbonyl (C=O) groups excluding carboxylic acids is 1. The summed E-state index contributed by atoms with van der Waals surface area (Å²) >= 11 is 0. The molecule has 1 aliphatic heterocycles. The van der Waals surface area contributed by atoms with E-state index in [-0.39, 0.29) is 24.5 Å². The van der Waals surface area contributed by atoms with Crippen LogP contribution in [0, 0.1) is 5.92 Å². The Hall–Kier alpha value is -1.16. The van der Waals surface area contributed by atoms with Crippen LogP contribution >= 0.6 is 0 Å². The number of ketones is 1. The molecule has 3 atom stereocenters. The van der Waals surface area contributed by atoms with Crippen molar-refractivity contribution in [2.75, 3.05) is 0 Å². The van der Waals surface area contributed by atoms with Gasteiger partial charge in [0.25, 0.3) is 0 Å². The Morgan fingerprint density at radius 2 is 2.31 bits per heavy atom. The molecule has 4 nitrogen and oxygen atoms in total. The largest absolute Gasteiger partial charge is 0.481 e. The van der Waals surface area contributed by atoms with Crippen molar-refractivity contribution in [3.05, 3.63) is 12.2 Å². The van der Waals surface area contributed by atoms with Crippen molar-refractivity contribution in [2.45, 2.75) is 44.3 Å². The van der Waals surface area contributed by atoms with E-state index in [1.54, 1.807) is 0 Å². The quantitative estimate of drug-likeness (QED) is 0.422.